The van der Waals surface area contributed by atoms with Crippen LogP contribution in [0.3, 0.4) is 0 Å². The molecule has 0 radical (unpaired) electrons. The first-order chi connectivity index (χ1) is 9.09. The Bertz CT molecular complexity index is 559. The van der Waals surface area contributed by atoms with Crippen molar-refractivity contribution in [1.29, 1.82) is 0 Å². The summed E-state index contributed by atoms with van der Waals surface area (Å²) in [6, 6.07) is 1.35. The van der Waals surface area contributed by atoms with E-state index in [2.05, 4.69) is 5.32 Å². The zero-order valence-electron chi connectivity index (χ0n) is 11.6. The summed E-state index contributed by atoms with van der Waals surface area (Å²) in [6.07, 6.45) is 0. The minimum atomic E-state index is -1.51. The van der Waals surface area contributed by atoms with Crippen LogP contribution < -0.4 is 5.32 Å². The third-order valence-corrected chi connectivity index (χ3v) is 3.18. The van der Waals surface area contributed by atoms with E-state index in [1.54, 1.807) is 0 Å². The Kier molecular flexibility index (Phi) is 4.32. The molecule has 0 spiro atoms. The zero-order chi connectivity index (χ0) is 15.7. The maximum Gasteiger partial charge on any atom is 0.329 e. The number of carboxylic acid groups (broad SMARTS) is 1. The monoisotopic (exact) mass is 286 g/mol. The average Bonchev–Trinajstić information content (AvgIpc) is 2.37. The van der Waals surface area contributed by atoms with Gasteiger partial charge in [0.15, 0.2) is 5.82 Å². The van der Waals surface area contributed by atoms with E-state index in [1.165, 1.54) is 33.9 Å². The second kappa shape index (κ2) is 5.44. The summed E-state index contributed by atoms with van der Waals surface area (Å²) in [5, 5.41) is 11.1. The number of aryl methyl sites for hydroxylation is 1. The number of nitrogens with one attached hydrogen (secondary N) is 1. The number of amides is 2. The number of rotatable bonds is 3. The van der Waals surface area contributed by atoms with Gasteiger partial charge >= 0.3 is 12.0 Å². The molecule has 2 amide bonds. The van der Waals surface area contributed by atoms with Gasteiger partial charge in [0.05, 0.1) is 0 Å². The van der Waals surface area contributed by atoms with Crippen LogP contribution in [0.25, 0.3) is 0 Å². The van der Waals surface area contributed by atoms with Gasteiger partial charge in [0.1, 0.15) is 17.0 Å². The van der Waals surface area contributed by atoms with E-state index in [1.807, 2.05) is 0 Å². The highest BCUT2D eigenvalue weighted by Crippen LogP contribution is 2.23. The van der Waals surface area contributed by atoms with Gasteiger partial charge in [0.2, 0.25) is 0 Å². The standard InChI is InChI=1S/C13H16F2N2O3/c1-7-5-6-8(14)10(9(7)15)16-12(20)17(4)13(2,3)11(18)19/h5-6H,1-4H3,(H,16,20)(H,18,19). The van der Waals surface area contributed by atoms with Crippen LogP contribution in [0.4, 0.5) is 19.3 Å². The molecule has 0 heterocycles. The fourth-order valence-electron chi connectivity index (χ4n) is 1.36. The van der Waals surface area contributed by atoms with Gasteiger partial charge in [-0.15, -0.1) is 0 Å². The number of hydrogen-bond donors (Lipinski definition) is 2. The third kappa shape index (κ3) is 2.87. The van der Waals surface area contributed by atoms with Crippen molar-refractivity contribution < 1.29 is 23.5 Å². The Labute approximate surface area is 115 Å². The molecule has 2 N–H and O–H groups in total. The van der Waals surface area contributed by atoms with Gasteiger partial charge in [-0.3, -0.25) is 0 Å². The highest BCUT2D eigenvalue weighted by Gasteiger charge is 2.35. The maximum atomic E-state index is 13.8. The number of halogens is 2. The van der Waals surface area contributed by atoms with Gasteiger partial charge in [-0.25, -0.2) is 18.4 Å². The summed E-state index contributed by atoms with van der Waals surface area (Å²) in [4.78, 5) is 23.8. The van der Waals surface area contributed by atoms with Crippen LogP contribution in [0.15, 0.2) is 12.1 Å². The molecule has 1 aromatic carbocycles. The molecule has 0 atom stereocenters. The van der Waals surface area contributed by atoms with E-state index in [9.17, 15) is 18.4 Å². The van der Waals surface area contributed by atoms with Crippen LogP contribution in [0.2, 0.25) is 0 Å². The average molecular weight is 286 g/mol. The molecule has 0 aliphatic heterocycles. The number of carbonyl (C=O) groups excluding carboxylic acids is 1. The Morgan fingerprint density at radius 3 is 2.35 bits per heavy atom. The molecule has 110 valence electrons. The Morgan fingerprint density at radius 2 is 1.85 bits per heavy atom. The predicted octanol–water partition coefficient (Wildman–Crippen LogP) is 2.60. The molecule has 1 aromatic rings. The van der Waals surface area contributed by atoms with E-state index < -0.39 is 34.9 Å². The fraction of sp³-hybridized carbons (Fsp3) is 0.385. The lowest BCUT2D eigenvalue weighted by Gasteiger charge is -2.31. The van der Waals surface area contributed by atoms with E-state index in [4.69, 9.17) is 5.11 Å². The number of hydrogen-bond acceptors (Lipinski definition) is 2. The summed E-state index contributed by atoms with van der Waals surface area (Å²) in [5.74, 6) is -3.05. The Morgan fingerprint density at radius 1 is 1.30 bits per heavy atom. The smallest absolute Gasteiger partial charge is 0.329 e. The lowest BCUT2D eigenvalue weighted by atomic mass is 10.0. The number of anilines is 1. The van der Waals surface area contributed by atoms with Crippen molar-refractivity contribution in [2.45, 2.75) is 26.3 Å². The third-order valence-electron chi connectivity index (χ3n) is 3.18. The number of carboxylic acids is 1. The van der Waals surface area contributed by atoms with E-state index in [0.29, 0.717) is 0 Å². The predicted molar refractivity (Wildman–Crippen MR) is 69.6 cm³/mol. The van der Waals surface area contributed by atoms with E-state index in [-0.39, 0.29) is 5.56 Å². The quantitative estimate of drug-likeness (QED) is 0.897. The van der Waals surface area contributed by atoms with Crippen molar-refractivity contribution in [3.05, 3.63) is 29.3 Å². The summed E-state index contributed by atoms with van der Waals surface area (Å²) < 4.78 is 27.3. The van der Waals surface area contributed by atoms with Gasteiger partial charge in [0.25, 0.3) is 0 Å². The molecule has 20 heavy (non-hydrogen) atoms. The van der Waals surface area contributed by atoms with Gasteiger partial charge in [-0.1, -0.05) is 6.07 Å². The summed E-state index contributed by atoms with van der Waals surface area (Å²) in [5.41, 5.74) is -1.94. The number of carbonyl (C=O) groups is 2. The topological polar surface area (TPSA) is 69.6 Å². The van der Waals surface area contributed by atoms with Crippen LogP contribution in [-0.2, 0) is 4.79 Å². The molecule has 0 aromatic heterocycles. The van der Waals surface area contributed by atoms with Gasteiger partial charge in [-0.05, 0) is 32.4 Å². The molecule has 0 unspecified atom stereocenters. The second-order valence-corrected chi connectivity index (χ2v) is 4.91. The number of likely N-dealkylation sites (N-methyl/N-ethyl adjacent to an activating group) is 1. The molecule has 0 fully saturated rings. The minimum Gasteiger partial charge on any atom is -0.480 e. The molecule has 0 bridgehead atoms. The second-order valence-electron chi connectivity index (χ2n) is 4.91. The summed E-state index contributed by atoms with van der Waals surface area (Å²) in [6.45, 7) is 4.03. The van der Waals surface area contributed by atoms with Crippen LogP contribution in [0.5, 0.6) is 0 Å². The number of benzene rings is 1. The SMILES string of the molecule is Cc1ccc(F)c(NC(=O)N(C)C(C)(C)C(=O)O)c1F. The number of aliphatic carboxylic acids is 1. The van der Waals surface area contributed by atoms with Crippen LogP contribution >= 0.6 is 0 Å². The first kappa shape index (κ1) is 15.9. The molecule has 0 saturated heterocycles. The van der Waals surface area contributed by atoms with Crippen LogP contribution in [0, 0.1) is 18.6 Å². The van der Waals surface area contributed by atoms with Gasteiger partial charge in [-0.2, -0.15) is 0 Å². The molecule has 0 aliphatic carbocycles. The van der Waals surface area contributed by atoms with Crippen molar-refractivity contribution in [2.24, 2.45) is 0 Å². The molecular formula is C13H16F2N2O3. The summed E-state index contributed by atoms with van der Waals surface area (Å²) in [7, 11) is 1.23. The van der Waals surface area contributed by atoms with E-state index >= 15 is 0 Å². The largest absolute Gasteiger partial charge is 0.480 e. The van der Waals surface area contributed by atoms with Gasteiger partial charge in [0, 0.05) is 7.05 Å². The van der Waals surface area contributed by atoms with Crippen molar-refractivity contribution in [1.82, 2.24) is 4.90 Å². The highest BCUT2D eigenvalue weighted by molar-refractivity contribution is 5.93. The first-order valence-corrected chi connectivity index (χ1v) is 5.81. The number of nitrogens with zero attached hydrogens (tertiary/aromatic N) is 1. The lowest BCUT2D eigenvalue weighted by molar-refractivity contribution is -0.146. The first-order valence-electron chi connectivity index (χ1n) is 5.81. The van der Waals surface area contributed by atoms with Gasteiger partial charge < -0.3 is 15.3 Å². The number of urea groups is 1. The summed E-state index contributed by atoms with van der Waals surface area (Å²) >= 11 is 0. The zero-order valence-corrected chi connectivity index (χ0v) is 11.6. The van der Waals surface area contributed by atoms with Crippen molar-refractivity contribution in [3.63, 3.8) is 0 Å². The molecule has 5 nitrogen and oxygen atoms in total. The molecule has 1 rings (SSSR count). The molecule has 0 saturated carbocycles. The maximum absolute atomic E-state index is 13.8. The highest BCUT2D eigenvalue weighted by atomic mass is 19.1. The van der Waals surface area contributed by atoms with Crippen LogP contribution in [-0.4, -0.2) is 34.6 Å². The van der Waals surface area contributed by atoms with Crippen molar-refractivity contribution >= 4 is 17.7 Å². The van der Waals surface area contributed by atoms with Crippen molar-refractivity contribution in [3.8, 4) is 0 Å². The molecule has 0 aliphatic rings. The minimum absolute atomic E-state index is 0.168. The fourth-order valence-corrected chi connectivity index (χ4v) is 1.36. The van der Waals surface area contributed by atoms with Crippen LogP contribution in [0.1, 0.15) is 19.4 Å². The Hall–Kier alpha value is -2.18. The molecular weight excluding hydrogens is 270 g/mol. The molecule has 7 heteroatoms. The lowest BCUT2D eigenvalue weighted by Crippen LogP contribution is -2.52. The normalized spacial score (nSPS) is 11.1. The van der Waals surface area contributed by atoms with E-state index in [0.717, 1.165) is 11.0 Å². The Balaban J connectivity index is 3.03. The van der Waals surface area contributed by atoms with Crippen molar-refractivity contribution in [2.75, 3.05) is 12.4 Å².